The molecule has 0 radical (unpaired) electrons. The van der Waals surface area contributed by atoms with Crippen LogP contribution in [0.3, 0.4) is 0 Å². The summed E-state index contributed by atoms with van der Waals surface area (Å²) >= 11 is 7.69. The molecule has 0 spiro atoms. The molecule has 2 aromatic carbocycles. The third-order valence-electron chi connectivity index (χ3n) is 5.92. The summed E-state index contributed by atoms with van der Waals surface area (Å²) in [5.41, 5.74) is 1.89. The third-order valence-corrected chi connectivity index (χ3v) is 7.18. The lowest BCUT2D eigenvalue weighted by Gasteiger charge is -2.24. The molecule has 39 heavy (non-hydrogen) atoms. The summed E-state index contributed by atoms with van der Waals surface area (Å²) in [5, 5.41) is 0.336. The Morgan fingerprint density at radius 1 is 1.18 bits per heavy atom. The van der Waals surface area contributed by atoms with E-state index in [1.54, 1.807) is 38.1 Å². The lowest BCUT2D eigenvalue weighted by atomic mass is 9.96. The molecule has 0 fully saturated rings. The number of methoxy groups -OCH3 is 1. The quantitative estimate of drug-likeness (QED) is 0.266. The van der Waals surface area contributed by atoms with E-state index in [1.165, 1.54) is 23.0 Å². The first kappa shape index (κ1) is 28.2. The van der Waals surface area contributed by atoms with Gasteiger partial charge >= 0.3 is 5.97 Å². The predicted octanol–water partition coefficient (Wildman–Crippen LogP) is 4.42. The van der Waals surface area contributed by atoms with Crippen LogP contribution in [0, 0.1) is 0 Å². The maximum Gasteiger partial charge on any atom is 0.338 e. The molecule has 1 atom stereocenters. The first-order chi connectivity index (χ1) is 18.8. The molecule has 0 N–H and O–H groups in total. The average molecular weight is 569 g/mol. The van der Waals surface area contributed by atoms with E-state index in [2.05, 4.69) is 11.6 Å². The molecule has 0 amide bonds. The standard InChI is InChI=1S/C29H29ClN2O6S/c1-6-13-38-26-21(30)14-18(15-22(26)35-5)16-23-27(33)32-25(19-9-11-20(12-10-19)36-7-2)24(28(34)37-8-3)17(4)31-29(32)39-23/h6,9-12,14-16,25H,1,7-8,13H2,2-5H3/b23-16+. The summed E-state index contributed by atoms with van der Waals surface area (Å²) < 4.78 is 24.0. The van der Waals surface area contributed by atoms with Gasteiger partial charge < -0.3 is 18.9 Å². The lowest BCUT2D eigenvalue weighted by molar-refractivity contribution is -0.139. The van der Waals surface area contributed by atoms with E-state index in [-0.39, 0.29) is 18.8 Å². The molecule has 204 valence electrons. The van der Waals surface area contributed by atoms with E-state index in [4.69, 9.17) is 30.5 Å². The molecule has 0 saturated heterocycles. The van der Waals surface area contributed by atoms with Crippen LogP contribution in [0.5, 0.6) is 17.2 Å². The van der Waals surface area contributed by atoms with Gasteiger partial charge in [-0.2, -0.15) is 0 Å². The van der Waals surface area contributed by atoms with Crippen molar-refractivity contribution in [3.8, 4) is 17.2 Å². The summed E-state index contributed by atoms with van der Waals surface area (Å²) in [5.74, 6) is 0.996. The number of allylic oxidation sites excluding steroid dienone is 1. The number of rotatable bonds is 10. The summed E-state index contributed by atoms with van der Waals surface area (Å²) in [6.07, 6.45) is 3.33. The van der Waals surface area contributed by atoms with E-state index in [1.807, 2.05) is 31.2 Å². The van der Waals surface area contributed by atoms with Crippen LogP contribution < -0.4 is 29.1 Å². The van der Waals surface area contributed by atoms with E-state index < -0.39 is 12.0 Å². The van der Waals surface area contributed by atoms with Crippen molar-refractivity contribution >= 4 is 35.0 Å². The van der Waals surface area contributed by atoms with Crippen LogP contribution in [-0.4, -0.2) is 37.5 Å². The summed E-state index contributed by atoms with van der Waals surface area (Å²) in [6, 6.07) is 10.0. The summed E-state index contributed by atoms with van der Waals surface area (Å²) in [7, 11) is 1.51. The summed E-state index contributed by atoms with van der Waals surface area (Å²) in [6.45, 7) is 10.0. The number of hydrogen-bond donors (Lipinski definition) is 0. The Hall–Kier alpha value is -3.82. The number of carbonyl (C=O) groups is 1. The van der Waals surface area contributed by atoms with Crippen LogP contribution in [0.15, 0.2) is 70.1 Å². The summed E-state index contributed by atoms with van der Waals surface area (Å²) in [4.78, 5) is 32.0. The molecule has 1 unspecified atom stereocenters. The SMILES string of the molecule is C=CCOc1c(Cl)cc(/C=c2/sc3n(c2=O)C(c2ccc(OCC)cc2)C(C(=O)OCC)=C(C)N=3)cc1OC. The van der Waals surface area contributed by atoms with E-state index in [9.17, 15) is 9.59 Å². The number of esters is 1. The molecule has 8 nitrogen and oxygen atoms in total. The zero-order valence-electron chi connectivity index (χ0n) is 22.2. The number of ether oxygens (including phenoxy) is 4. The minimum absolute atomic E-state index is 0.200. The Balaban J connectivity index is 1.88. The highest BCUT2D eigenvalue weighted by atomic mass is 35.5. The molecule has 0 aliphatic carbocycles. The number of nitrogens with zero attached hydrogens (tertiary/aromatic N) is 2. The van der Waals surface area contributed by atoms with Gasteiger partial charge in [-0.15, -0.1) is 0 Å². The van der Waals surface area contributed by atoms with Crippen LogP contribution in [-0.2, 0) is 9.53 Å². The lowest BCUT2D eigenvalue weighted by Crippen LogP contribution is -2.39. The van der Waals surface area contributed by atoms with Crippen LogP contribution in [0.1, 0.15) is 37.9 Å². The number of fused-ring (bicyclic) bond motifs is 1. The largest absolute Gasteiger partial charge is 0.494 e. The fraction of sp³-hybridized carbons (Fsp3) is 0.276. The first-order valence-electron chi connectivity index (χ1n) is 12.4. The highest BCUT2D eigenvalue weighted by Crippen LogP contribution is 2.37. The van der Waals surface area contributed by atoms with Gasteiger partial charge in [-0.1, -0.05) is 47.7 Å². The van der Waals surface area contributed by atoms with Gasteiger partial charge in [-0.05, 0) is 62.2 Å². The zero-order chi connectivity index (χ0) is 28.1. The smallest absolute Gasteiger partial charge is 0.338 e. The zero-order valence-corrected chi connectivity index (χ0v) is 23.7. The molecule has 0 bridgehead atoms. The molecular weight excluding hydrogens is 540 g/mol. The topological polar surface area (TPSA) is 88.4 Å². The third kappa shape index (κ3) is 5.79. The van der Waals surface area contributed by atoms with Gasteiger partial charge in [0.05, 0.1) is 47.2 Å². The second kappa shape index (κ2) is 12.4. The predicted molar refractivity (Wildman–Crippen MR) is 152 cm³/mol. The van der Waals surface area contributed by atoms with E-state index in [0.29, 0.717) is 55.0 Å². The van der Waals surface area contributed by atoms with Gasteiger partial charge in [0.1, 0.15) is 12.4 Å². The monoisotopic (exact) mass is 568 g/mol. The van der Waals surface area contributed by atoms with Gasteiger partial charge in [-0.25, -0.2) is 9.79 Å². The Bertz CT molecular complexity index is 1600. The van der Waals surface area contributed by atoms with Gasteiger partial charge in [0.2, 0.25) is 0 Å². The van der Waals surface area contributed by atoms with Crippen LogP contribution >= 0.6 is 22.9 Å². The Morgan fingerprint density at radius 2 is 1.92 bits per heavy atom. The Morgan fingerprint density at radius 3 is 2.56 bits per heavy atom. The second-order valence-electron chi connectivity index (χ2n) is 8.44. The van der Waals surface area contributed by atoms with Crippen LogP contribution in [0.2, 0.25) is 5.02 Å². The molecule has 1 aliphatic heterocycles. The van der Waals surface area contributed by atoms with Crippen molar-refractivity contribution in [2.45, 2.75) is 26.8 Å². The van der Waals surface area contributed by atoms with E-state index in [0.717, 1.165) is 5.56 Å². The van der Waals surface area contributed by atoms with Crippen LogP contribution in [0.25, 0.3) is 6.08 Å². The molecule has 1 aromatic heterocycles. The van der Waals surface area contributed by atoms with Crippen LogP contribution in [0.4, 0.5) is 0 Å². The molecule has 10 heteroatoms. The molecule has 2 heterocycles. The number of halogens is 1. The van der Waals surface area contributed by atoms with Gasteiger partial charge in [0.15, 0.2) is 16.3 Å². The number of benzene rings is 2. The van der Waals surface area contributed by atoms with Crippen molar-refractivity contribution in [2.24, 2.45) is 4.99 Å². The van der Waals surface area contributed by atoms with Gasteiger partial charge in [0, 0.05) is 0 Å². The molecule has 1 aliphatic rings. The van der Waals surface area contributed by atoms with Crippen molar-refractivity contribution in [1.82, 2.24) is 4.57 Å². The minimum Gasteiger partial charge on any atom is -0.494 e. The fourth-order valence-corrected chi connectivity index (χ4v) is 5.60. The van der Waals surface area contributed by atoms with Crippen molar-refractivity contribution in [1.29, 1.82) is 0 Å². The molecule has 4 rings (SSSR count). The van der Waals surface area contributed by atoms with Crippen molar-refractivity contribution < 1.29 is 23.7 Å². The van der Waals surface area contributed by atoms with Gasteiger partial charge in [-0.3, -0.25) is 9.36 Å². The maximum atomic E-state index is 13.8. The number of carbonyl (C=O) groups excluding carboxylic acids is 1. The molecule has 3 aromatic rings. The highest BCUT2D eigenvalue weighted by Gasteiger charge is 2.33. The second-order valence-corrected chi connectivity index (χ2v) is 9.85. The number of aromatic nitrogens is 1. The first-order valence-corrected chi connectivity index (χ1v) is 13.6. The van der Waals surface area contributed by atoms with Crippen molar-refractivity contribution in [3.63, 3.8) is 0 Å². The minimum atomic E-state index is -0.717. The molecular formula is C29H29ClN2O6S. The molecule has 0 saturated carbocycles. The Kier molecular flexibility index (Phi) is 8.93. The maximum absolute atomic E-state index is 13.8. The normalized spacial score (nSPS) is 14.9. The number of thiazole rings is 1. The average Bonchev–Trinajstić information content (AvgIpc) is 3.21. The van der Waals surface area contributed by atoms with Crippen molar-refractivity contribution in [2.75, 3.05) is 26.9 Å². The van der Waals surface area contributed by atoms with E-state index >= 15 is 0 Å². The fourth-order valence-electron chi connectivity index (χ4n) is 4.28. The highest BCUT2D eigenvalue weighted by molar-refractivity contribution is 7.07. The van der Waals surface area contributed by atoms with Gasteiger partial charge in [0.25, 0.3) is 5.56 Å². The number of hydrogen-bond acceptors (Lipinski definition) is 8. The van der Waals surface area contributed by atoms with Crippen molar-refractivity contribution in [3.05, 3.63) is 96.2 Å². The Labute approximate surface area is 235 Å².